The molecule has 1 fully saturated rings. The van der Waals surface area contributed by atoms with E-state index in [1.54, 1.807) is 4.90 Å². The van der Waals surface area contributed by atoms with Crippen LogP contribution in [0.3, 0.4) is 0 Å². The lowest BCUT2D eigenvalue weighted by Gasteiger charge is -2.32. The zero-order valence-corrected chi connectivity index (χ0v) is 16.8. The van der Waals surface area contributed by atoms with Gasteiger partial charge in [-0.2, -0.15) is 5.26 Å². The molecule has 1 amide bonds. The summed E-state index contributed by atoms with van der Waals surface area (Å²) in [5.41, 5.74) is 2.72. The maximum absolute atomic E-state index is 12.8. The maximum atomic E-state index is 12.8. The molecule has 0 aliphatic carbocycles. The van der Waals surface area contributed by atoms with Gasteiger partial charge in [-0.1, -0.05) is 12.1 Å². The van der Waals surface area contributed by atoms with Gasteiger partial charge in [0.2, 0.25) is 0 Å². The molecule has 3 rings (SSSR count). The van der Waals surface area contributed by atoms with Gasteiger partial charge in [-0.05, 0) is 52.2 Å². The van der Waals surface area contributed by atoms with E-state index in [0.29, 0.717) is 12.1 Å². The summed E-state index contributed by atoms with van der Waals surface area (Å²) in [6, 6.07) is 7.83. The van der Waals surface area contributed by atoms with E-state index in [1.807, 2.05) is 32.3 Å². The Kier molecular flexibility index (Phi) is 6.48. The van der Waals surface area contributed by atoms with Gasteiger partial charge in [-0.3, -0.25) is 4.79 Å². The summed E-state index contributed by atoms with van der Waals surface area (Å²) < 4.78 is 0. The summed E-state index contributed by atoms with van der Waals surface area (Å²) in [5.74, 6) is 0.00699. The van der Waals surface area contributed by atoms with Crippen LogP contribution in [0.5, 0.6) is 0 Å². The largest absolute Gasteiger partial charge is 0.318 e. The molecule has 0 bridgehead atoms. The average Bonchev–Trinajstić information content (AvgIpc) is 2.90. The number of likely N-dealkylation sites (N-methyl/N-ethyl adjacent to an activating group) is 1. The molecule has 6 nitrogen and oxygen atoms in total. The fraction of sp³-hybridized carbons (Fsp3) is 0.619. The Morgan fingerprint density at radius 3 is 2.52 bits per heavy atom. The van der Waals surface area contributed by atoms with Crippen LogP contribution >= 0.6 is 0 Å². The van der Waals surface area contributed by atoms with Gasteiger partial charge < -0.3 is 19.6 Å². The SMILES string of the molecule is CN(C)Cc1ccc2c(c1)C(C#N)N(CCCCN1CCN(C)CC1)C2=O. The van der Waals surface area contributed by atoms with E-state index in [9.17, 15) is 10.1 Å². The van der Waals surface area contributed by atoms with Crippen molar-refractivity contribution in [3.8, 4) is 6.07 Å². The van der Waals surface area contributed by atoms with Crippen LogP contribution in [0.15, 0.2) is 18.2 Å². The molecule has 0 saturated carbocycles. The molecule has 1 saturated heterocycles. The van der Waals surface area contributed by atoms with E-state index < -0.39 is 6.04 Å². The second-order valence-electron chi connectivity index (χ2n) is 8.04. The summed E-state index contributed by atoms with van der Waals surface area (Å²) in [6.45, 7) is 7.05. The average molecular weight is 370 g/mol. The van der Waals surface area contributed by atoms with Crippen LogP contribution in [0.1, 0.15) is 40.4 Å². The number of unbranched alkanes of at least 4 members (excludes halogenated alkanes) is 1. The van der Waals surface area contributed by atoms with E-state index in [0.717, 1.165) is 63.2 Å². The van der Waals surface area contributed by atoms with Gasteiger partial charge in [0.15, 0.2) is 0 Å². The van der Waals surface area contributed by atoms with Crippen LogP contribution in [0.25, 0.3) is 0 Å². The number of fused-ring (bicyclic) bond motifs is 1. The molecule has 0 N–H and O–H groups in total. The van der Waals surface area contributed by atoms with Crippen LogP contribution in [-0.4, -0.2) is 85.9 Å². The van der Waals surface area contributed by atoms with Gasteiger partial charge in [-0.15, -0.1) is 0 Å². The van der Waals surface area contributed by atoms with Crippen molar-refractivity contribution in [2.75, 3.05) is 60.4 Å². The van der Waals surface area contributed by atoms with Crippen LogP contribution < -0.4 is 0 Å². The van der Waals surface area contributed by atoms with Crippen molar-refractivity contribution in [3.05, 3.63) is 34.9 Å². The first-order chi connectivity index (χ1) is 13.0. The number of carbonyl (C=O) groups excluding carboxylic acids is 1. The molecule has 0 aromatic heterocycles. The summed E-state index contributed by atoms with van der Waals surface area (Å²) in [4.78, 5) is 21.5. The lowest BCUT2D eigenvalue weighted by Crippen LogP contribution is -2.44. The first-order valence-corrected chi connectivity index (χ1v) is 9.88. The molecule has 1 aromatic carbocycles. The van der Waals surface area contributed by atoms with Crippen molar-refractivity contribution in [1.29, 1.82) is 5.26 Å². The van der Waals surface area contributed by atoms with Gasteiger partial charge in [0.25, 0.3) is 5.91 Å². The normalized spacial score (nSPS) is 20.9. The second kappa shape index (κ2) is 8.83. The molecule has 2 heterocycles. The van der Waals surface area contributed by atoms with Crippen LogP contribution in [0, 0.1) is 11.3 Å². The Morgan fingerprint density at radius 2 is 1.85 bits per heavy atom. The quantitative estimate of drug-likeness (QED) is 0.686. The van der Waals surface area contributed by atoms with E-state index in [1.165, 1.54) is 0 Å². The zero-order chi connectivity index (χ0) is 19.4. The van der Waals surface area contributed by atoms with Crippen molar-refractivity contribution < 1.29 is 4.79 Å². The molecule has 0 spiro atoms. The third-order valence-corrected chi connectivity index (χ3v) is 5.55. The molecular weight excluding hydrogens is 338 g/mol. The molecule has 1 aromatic rings. The molecule has 0 radical (unpaired) electrons. The fourth-order valence-corrected chi connectivity index (χ4v) is 4.00. The van der Waals surface area contributed by atoms with Crippen LogP contribution in [-0.2, 0) is 6.54 Å². The number of amides is 1. The standard InChI is InChI=1S/C21H31N5O/c1-23(2)16-17-6-7-18-19(14-17)20(15-22)26(21(18)27)9-5-4-8-25-12-10-24(3)11-13-25/h6-7,14,20H,4-5,8-13,16H2,1-3H3. The van der Waals surface area contributed by atoms with Gasteiger partial charge >= 0.3 is 0 Å². The Bertz CT molecular complexity index is 703. The number of carbonyl (C=O) groups is 1. The van der Waals surface area contributed by atoms with Gasteiger partial charge in [0, 0.05) is 50.4 Å². The highest BCUT2D eigenvalue weighted by Gasteiger charge is 2.36. The third-order valence-electron chi connectivity index (χ3n) is 5.55. The first kappa shape index (κ1) is 19.8. The van der Waals surface area contributed by atoms with Gasteiger partial charge in [0.1, 0.15) is 6.04 Å². The van der Waals surface area contributed by atoms with Crippen LogP contribution in [0.4, 0.5) is 0 Å². The summed E-state index contributed by atoms with van der Waals surface area (Å²) in [6.07, 6.45) is 2.00. The molecule has 2 aliphatic heterocycles. The predicted octanol–water partition coefficient (Wildman–Crippen LogP) is 1.80. The summed E-state index contributed by atoms with van der Waals surface area (Å²) in [7, 11) is 6.21. The van der Waals surface area contributed by atoms with E-state index in [-0.39, 0.29) is 5.91 Å². The Hall–Kier alpha value is -1.94. The summed E-state index contributed by atoms with van der Waals surface area (Å²) >= 11 is 0. The minimum absolute atomic E-state index is 0.00699. The van der Waals surface area contributed by atoms with Crippen molar-refractivity contribution in [3.63, 3.8) is 0 Å². The molecule has 146 valence electrons. The first-order valence-electron chi connectivity index (χ1n) is 9.88. The molecule has 27 heavy (non-hydrogen) atoms. The second-order valence-corrected chi connectivity index (χ2v) is 8.04. The topological polar surface area (TPSA) is 53.8 Å². The van der Waals surface area contributed by atoms with E-state index >= 15 is 0 Å². The number of nitrogens with zero attached hydrogens (tertiary/aromatic N) is 5. The minimum Gasteiger partial charge on any atom is -0.318 e. The Balaban J connectivity index is 1.56. The predicted molar refractivity (Wildman–Crippen MR) is 106 cm³/mol. The molecule has 1 unspecified atom stereocenters. The minimum atomic E-state index is -0.446. The van der Waals surface area contributed by atoms with Crippen molar-refractivity contribution >= 4 is 5.91 Å². The monoisotopic (exact) mass is 369 g/mol. The van der Waals surface area contributed by atoms with E-state index in [4.69, 9.17) is 0 Å². The lowest BCUT2D eigenvalue weighted by molar-refractivity contribution is 0.0751. The number of hydrogen-bond acceptors (Lipinski definition) is 5. The van der Waals surface area contributed by atoms with Gasteiger partial charge in [-0.25, -0.2) is 0 Å². The molecular formula is C21H31N5O. The molecule has 1 atom stereocenters. The Labute approximate surface area is 162 Å². The van der Waals surface area contributed by atoms with Crippen molar-refractivity contribution in [1.82, 2.24) is 19.6 Å². The van der Waals surface area contributed by atoms with Crippen LogP contribution in [0.2, 0.25) is 0 Å². The van der Waals surface area contributed by atoms with Crippen molar-refractivity contribution in [2.24, 2.45) is 0 Å². The number of hydrogen-bond donors (Lipinski definition) is 0. The highest BCUT2D eigenvalue weighted by atomic mass is 16.2. The summed E-state index contributed by atoms with van der Waals surface area (Å²) in [5, 5.41) is 9.69. The highest BCUT2D eigenvalue weighted by Crippen LogP contribution is 2.34. The number of piperazine rings is 1. The van der Waals surface area contributed by atoms with E-state index in [2.05, 4.69) is 27.8 Å². The number of nitriles is 1. The highest BCUT2D eigenvalue weighted by molar-refractivity contribution is 5.99. The van der Waals surface area contributed by atoms with Crippen molar-refractivity contribution in [2.45, 2.75) is 25.4 Å². The zero-order valence-electron chi connectivity index (χ0n) is 16.8. The maximum Gasteiger partial charge on any atom is 0.255 e. The third kappa shape index (κ3) is 4.67. The van der Waals surface area contributed by atoms with Gasteiger partial charge in [0.05, 0.1) is 6.07 Å². The number of rotatable bonds is 7. The smallest absolute Gasteiger partial charge is 0.255 e. The molecule has 2 aliphatic rings. The number of benzene rings is 1. The fourth-order valence-electron chi connectivity index (χ4n) is 4.00. The Morgan fingerprint density at radius 1 is 1.15 bits per heavy atom. The molecule has 6 heteroatoms. The lowest BCUT2D eigenvalue weighted by atomic mass is 10.0.